The summed E-state index contributed by atoms with van der Waals surface area (Å²) in [6.45, 7) is 1.97. The first-order chi connectivity index (χ1) is 5.29. The summed E-state index contributed by atoms with van der Waals surface area (Å²) in [4.78, 5) is 3.99. The van der Waals surface area contributed by atoms with Crippen LogP contribution >= 0.6 is 0 Å². The van der Waals surface area contributed by atoms with Gasteiger partial charge < -0.3 is 9.51 Å². The molecule has 3 nitrogen and oxygen atoms in total. The van der Waals surface area contributed by atoms with E-state index in [-0.39, 0.29) is 5.75 Å². The summed E-state index contributed by atoms with van der Waals surface area (Å²) in [5, 5.41) is 9.30. The summed E-state index contributed by atoms with van der Waals surface area (Å²) < 4.78 is 1.84. The van der Waals surface area contributed by atoms with Crippen LogP contribution in [-0.4, -0.2) is 14.5 Å². The Labute approximate surface area is 63.9 Å². The number of aromatic nitrogens is 2. The van der Waals surface area contributed by atoms with Gasteiger partial charge in [-0.15, -0.1) is 0 Å². The van der Waals surface area contributed by atoms with E-state index in [4.69, 9.17) is 0 Å². The first-order valence-corrected chi connectivity index (χ1v) is 3.40. The standard InChI is InChI=1S/C8H8N2O/c1-6-2-3-7(11)8-9-4-5-10(6)8/h2-5,11H,1H3. The Morgan fingerprint density at radius 2 is 2.27 bits per heavy atom. The molecule has 2 rings (SSSR count). The lowest BCUT2D eigenvalue weighted by Crippen LogP contribution is -1.88. The number of hydrogen-bond donors (Lipinski definition) is 1. The van der Waals surface area contributed by atoms with Crippen molar-refractivity contribution in [2.45, 2.75) is 6.92 Å². The van der Waals surface area contributed by atoms with Gasteiger partial charge >= 0.3 is 0 Å². The topological polar surface area (TPSA) is 37.5 Å². The zero-order chi connectivity index (χ0) is 7.84. The minimum Gasteiger partial charge on any atom is -0.504 e. The Morgan fingerprint density at radius 3 is 3.00 bits per heavy atom. The Balaban J connectivity index is 2.96. The van der Waals surface area contributed by atoms with Crippen molar-refractivity contribution in [3.8, 4) is 5.75 Å². The molecule has 0 amide bonds. The van der Waals surface area contributed by atoms with Crippen LogP contribution in [0.3, 0.4) is 0 Å². The fraction of sp³-hybridized carbons (Fsp3) is 0.125. The number of fused-ring (bicyclic) bond motifs is 1. The number of imidazole rings is 1. The molecule has 0 aromatic carbocycles. The van der Waals surface area contributed by atoms with Gasteiger partial charge in [-0.3, -0.25) is 0 Å². The quantitative estimate of drug-likeness (QED) is 0.612. The Hall–Kier alpha value is -1.51. The molecule has 0 atom stereocenters. The van der Waals surface area contributed by atoms with E-state index in [1.807, 2.05) is 23.6 Å². The average Bonchev–Trinajstić information content (AvgIpc) is 2.45. The maximum atomic E-state index is 9.30. The van der Waals surface area contributed by atoms with E-state index in [9.17, 15) is 5.11 Å². The van der Waals surface area contributed by atoms with Gasteiger partial charge in [0.2, 0.25) is 0 Å². The molecule has 0 saturated heterocycles. The van der Waals surface area contributed by atoms with E-state index < -0.39 is 0 Å². The third kappa shape index (κ3) is 0.774. The van der Waals surface area contributed by atoms with Gasteiger partial charge in [0.25, 0.3) is 0 Å². The smallest absolute Gasteiger partial charge is 0.179 e. The van der Waals surface area contributed by atoms with Crippen molar-refractivity contribution in [2.75, 3.05) is 0 Å². The van der Waals surface area contributed by atoms with Crippen molar-refractivity contribution in [3.63, 3.8) is 0 Å². The molecular weight excluding hydrogens is 140 g/mol. The van der Waals surface area contributed by atoms with Gasteiger partial charge in [0, 0.05) is 18.1 Å². The maximum Gasteiger partial charge on any atom is 0.179 e. The van der Waals surface area contributed by atoms with Crippen molar-refractivity contribution in [3.05, 3.63) is 30.2 Å². The molecule has 0 aliphatic rings. The summed E-state index contributed by atoms with van der Waals surface area (Å²) in [5.74, 6) is 0.223. The molecule has 0 spiro atoms. The van der Waals surface area contributed by atoms with Crippen LogP contribution in [-0.2, 0) is 0 Å². The summed E-state index contributed by atoms with van der Waals surface area (Å²) >= 11 is 0. The number of aromatic hydroxyl groups is 1. The zero-order valence-corrected chi connectivity index (χ0v) is 6.15. The number of nitrogens with zero attached hydrogens (tertiary/aromatic N) is 2. The van der Waals surface area contributed by atoms with Crippen LogP contribution in [0.1, 0.15) is 5.69 Å². The first-order valence-electron chi connectivity index (χ1n) is 3.40. The second-order valence-electron chi connectivity index (χ2n) is 2.48. The van der Waals surface area contributed by atoms with Gasteiger partial charge in [0.15, 0.2) is 11.4 Å². The van der Waals surface area contributed by atoms with Gasteiger partial charge in [-0.2, -0.15) is 0 Å². The summed E-state index contributed by atoms with van der Waals surface area (Å²) in [7, 11) is 0. The van der Waals surface area contributed by atoms with Crippen molar-refractivity contribution >= 4 is 5.65 Å². The van der Waals surface area contributed by atoms with Crippen LogP contribution in [0.25, 0.3) is 5.65 Å². The molecule has 2 heterocycles. The SMILES string of the molecule is Cc1ccc(O)c2nccn12. The minimum atomic E-state index is 0.223. The highest BCUT2D eigenvalue weighted by atomic mass is 16.3. The van der Waals surface area contributed by atoms with Gasteiger partial charge in [0.05, 0.1) is 0 Å². The van der Waals surface area contributed by atoms with Gasteiger partial charge in [-0.25, -0.2) is 4.98 Å². The number of rotatable bonds is 0. The molecule has 11 heavy (non-hydrogen) atoms. The van der Waals surface area contributed by atoms with Crippen molar-refractivity contribution in [1.82, 2.24) is 9.38 Å². The van der Waals surface area contributed by atoms with Crippen molar-refractivity contribution in [1.29, 1.82) is 0 Å². The molecule has 1 N–H and O–H groups in total. The molecule has 2 aromatic heterocycles. The van der Waals surface area contributed by atoms with E-state index in [1.165, 1.54) is 0 Å². The fourth-order valence-corrected chi connectivity index (χ4v) is 1.13. The largest absolute Gasteiger partial charge is 0.504 e. The molecule has 0 aliphatic carbocycles. The number of hydrogen-bond acceptors (Lipinski definition) is 2. The van der Waals surface area contributed by atoms with Crippen LogP contribution in [0, 0.1) is 6.92 Å². The molecule has 56 valence electrons. The number of aryl methyl sites for hydroxylation is 1. The highest BCUT2D eigenvalue weighted by Gasteiger charge is 2.00. The Kier molecular flexibility index (Phi) is 1.12. The monoisotopic (exact) mass is 148 g/mol. The number of pyridine rings is 1. The van der Waals surface area contributed by atoms with Crippen LogP contribution in [0.15, 0.2) is 24.5 Å². The zero-order valence-electron chi connectivity index (χ0n) is 6.15. The molecule has 3 heteroatoms. The second-order valence-corrected chi connectivity index (χ2v) is 2.48. The van der Waals surface area contributed by atoms with Gasteiger partial charge in [-0.05, 0) is 19.1 Å². The minimum absolute atomic E-state index is 0.223. The lowest BCUT2D eigenvalue weighted by molar-refractivity contribution is 0.477. The van der Waals surface area contributed by atoms with E-state index in [0.29, 0.717) is 5.65 Å². The highest BCUT2D eigenvalue weighted by molar-refractivity contribution is 5.53. The molecular formula is C8H8N2O. The molecule has 0 aliphatic heterocycles. The predicted molar refractivity (Wildman–Crippen MR) is 41.6 cm³/mol. The van der Waals surface area contributed by atoms with Crippen LogP contribution in [0.5, 0.6) is 5.75 Å². The maximum absolute atomic E-state index is 9.30. The molecule has 0 radical (unpaired) electrons. The third-order valence-corrected chi connectivity index (χ3v) is 1.73. The van der Waals surface area contributed by atoms with E-state index >= 15 is 0 Å². The van der Waals surface area contributed by atoms with Crippen LogP contribution in [0.2, 0.25) is 0 Å². The second kappa shape index (κ2) is 1.99. The van der Waals surface area contributed by atoms with Crippen LogP contribution in [0.4, 0.5) is 0 Å². The predicted octanol–water partition coefficient (Wildman–Crippen LogP) is 1.35. The molecule has 0 unspecified atom stereocenters. The van der Waals surface area contributed by atoms with Crippen molar-refractivity contribution < 1.29 is 5.11 Å². The summed E-state index contributed by atoms with van der Waals surface area (Å²) in [6.07, 6.45) is 3.49. The van der Waals surface area contributed by atoms with Gasteiger partial charge in [0.1, 0.15) is 0 Å². The fourth-order valence-electron chi connectivity index (χ4n) is 1.13. The highest BCUT2D eigenvalue weighted by Crippen LogP contribution is 2.16. The van der Waals surface area contributed by atoms with Gasteiger partial charge in [-0.1, -0.05) is 0 Å². The normalized spacial score (nSPS) is 10.6. The molecule has 2 aromatic rings. The lowest BCUT2D eigenvalue weighted by atomic mass is 10.3. The average molecular weight is 148 g/mol. The summed E-state index contributed by atoms with van der Waals surface area (Å²) in [6, 6.07) is 3.50. The van der Waals surface area contributed by atoms with Crippen LogP contribution < -0.4 is 0 Å². The first kappa shape index (κ1) is 6.22. The van der Waals surface area contributed by atoms with E-state index in [2.05, 4.69) is 4.98 Å². The molecule has 0 bridgehead atoms. The van der Waals surface area contributed by atoms with E-state index in [0.717, 1.165) is 5.69 Å². The summed E-state index contributed by atoms with van der Waals surface area (Å²) in [5.41, 5.74) is 1.68. The van der Waals surface area contributed by atoms with E-state index in [1.54, 1.807) is 12.3 Å². The lowest BCUT2D eigenvalue weighted by Gasteiger charge is -1.99. The Bertz CT molecular complexity index is 356. The molecule has 0 saturated carbocycles. The van der Waals surface area contributed by atoms with Crippen molar-refractivity contribution in [2.24, 2.45) is 0 Å². The third-order valence-electron chi connectivity index (χ3n) is 1.73. The Morgan fingerprint density at radius 1 is 1.45 bits per heavy atom. The molecule has 0 fully saturated rings.